The molecule has 0 aromatic heterocycles. The standard InChI is InChI=1S/C13H17NO2/c1-2-3-4-5-9-16-12-8-6-7-11(10-12)13(14)15/h2,6-8,10H,1,3-5,9H2,(H2,14,15). The largest absolute Gasteiger partial charge is 0.494 e. The van der Waals surface area contributed by atoms with Crippen LogP contribution in [0.4, 0.5) is 0 Å². The molecular weight excluding hydrogens is 202 g/mol. The number of ether oxygens (including phenoxy) is 1. The molecule has 3 nitrogen and oxygen atoms in total. The van der Waals surface area contributed by atoms with E-state index < -0.39 is 5.91 Å². The van der Waals surface area contributed by atoms with Gasteiger partial charge >= 0.3 is 0 Å². The normalized spacial score (nSPS) is 9.75. The van der Waals surface area contributed by atoms with E-state index in [1.807, 2.05) is 12.1 Å². The molecule has 0 saturated carbocycles. The molecule has 0 atom stereocenters. The third kappa shape index (κ3) is 4.17. The summed E-state index contributed by atoms with van der Waals surface area (Å²) >= 11 is 0. The van der Waals surface area contributed by atoms with Crippen LogP contribution >= 0.6 is 0 Å². The van der Waals surface area contributed by atoms with Crippen molar-refractivity contribution in [1.29, 1.82) is 0 Å². The Morgan fingerprint density at radius 2 is 2.25 bits per heavy atom. The van der Waals surface area contributed by atoms with Gasteiger partial charge in [0, 0.05) is 5.56 Å². The van der Waals surface area contributed by atoms with Gasteiger partial charge in [-0.05, 0) is 37.5 Å². The fraction of sp³-hybridized carbons (Fsp3) is 0.308. The number of hydrogen-bond donors (Lipinski definition) is 1. The Morgan fingerprint density at radius 1 is 1.44 bits per heavy atom. The smallest absolute Gasteiger partial charge is 0.248 e. The van der Waals surface area contributed by atoms with Gasteiger partial charge in [0.1, 0.15) is 5.75 Å². The zero-order valence-electron chi connectivity index (χ0n) is 9.32. The summed E-state index contributed by atoms with van der Waals surface area (Å²) in [6.07, 6.45) is 4.95. The Balaban J connectivity index is 2.39. The molecule has 1 aromatic carbocycles. The minimum Gasteiger partial charge on any atom is -0.494 e. The Morgan fingerprint density at radius 3 is 2.94 bits per heavy atom. The highest BCUT2D eigenvalue weighted by atomic mass is 16.5. The molecule has 1 aromatic rings. The maximum Gasteiger partial charge on any atom is 0.248 e. The zero-order valence-corrected chi connectivity index (χ0v) is 9.32. The first-order valence-electron chi connectivity index (χ1n) is 5.37. The van der Waals surface area contributed by atoms with Crippen LogP contribution in [-0.2, 0) is 0 Å². The lowest BCUT2D eigenvalue weighted by Crippen LogP contribution is -2.10. The maximum atomic E-state index is 10.9. The third-order valence-electron chi connectivity index (χ3n) is 2.19. The highest BCUT2D eigenvalue weighted by Crippen LogP contribution is 2.13. The predicted molar refractivity (Wildman–Crippen MR) is 64.5 cm³/mol. The number of amides is 1. The number of nitrogens with two attached hydrogens (primary N) is 1. The second-order valence-corrected chi connectivity index (χ2v) is 3.53. The molecule has 16 heavy (non-hydrogen) atoms. The van der Waals surface area contributed by atoms with Crippen LogP contribution in [0.25, 0.3) is 0 Å². The van der Waals surface area contributed by atoms with Crippen LogP contribution in [-0.4, -0.2) is 12.5 Å². The van der Waals surface area contributed by atoms with E-state index in [0.29, 0.717) is 17.9 Å². The fourth-order valence-corrected chi connectivity index (χ4v) is 1.32. The van der Waals surface area contributed by atoms with Gasteiger partial charge in [-0.15, -0.1) is 6.58 Å². The molecule has 0 aliphatic heterocycles. The highest BCUT2D eigenvalue weighted by Gasteiger charge is 2.01. The summed E-state index contributed by atoms with van der Waals surface area (Å²) in [7, 11) is 0. The van der Waals surface area contributed by atoms with Gasteiger partial charge in [0.05, 0.1) is 6.61 Å². The summed E-state index contributed by atoms with van der Waals surface area (Å²) in [5.74, 6) is 0.256. The Bertz CT molecular complexity index is 361. The number of primary amides is 1. The first-order valence-corrected chi connectivity index (χ1v) is 5.37. The molecule has 0 heterocycles. The van der Waals surface area contributed by atoms with E-state index in [-0.39, 0.29) is 0 Å². The van der Waals surface area contributed by atoms with Gasteiger partial charge in [0.25, 0.3) is 0 Å². The molecule has 0 unspecified atom stereocenters. The lowest BCUT2D eigenvalue weighted by molar-refractivity contribution is 0.1000. The number of hydrogen-bond acceptors (Lipinski definition) is 2. The van der Waals surface area contributed by atoms with E-state index in [0.717, 1.165) is 19.3 Å². The van der Waals surface area contributed by atoms with Gasteiger partial charge < -0.3 is 10.5 Å². The highest BCUT2D eigenvalue weighted by molar-refractivity contribution is 5.93. The van der Waals surface area contributed by atoms with Crippen LogP contribution in [0.1, 0.15) is 29.6 Å². The maximum absolute atomic E-state index is 10.9. The molecular formula is C13H17NO2. The number of benzene rings is 1. The van der Waals surface area contributed by atoms with E-state index >= 15 is 0 Å². The van der Waals surface area contributed by atoms with Gasteiger partial charge in [0.2, 0.25) is 5.91 Å². The van der Waals surface area contributed by atoms with E-state index in [1.54, 1.807) is 18.2 Å². The Hall–Kier alpha value is -1.77. The molecule has 0 fully saturated rings. The SMILES string of the molecule is C=CCCCCOc1cccc(C(N)=O)c1. The van der Waals surface area contributed by atoms with Crippen molar-refractivity contribution in [1.82, 2.24) is 0 Å². The molecule has 2 N–H and O–H groups in total. The molecule has 0 bridgehead atoms. The fourth-order valence-electron chi connectivity index (χ4n) is 1.32. The summed E-state index contributed by atoms with van der Waals surface area (Å²) in [6.45, 7) is 4.30. The van der Waals surface area contributed by atoms with Gasteiger partial charge in [-0.25, -0.2) is 0 Å². The lowest BCUT2D eigenvalue weighted by atomic mass is 10.2. The van der Waals surface area contributed by atoms with E-state index in [9.17, 15) is 4.79 Å². The number of allylic oxidation sites excluding steroid dienone is 1. The van der Waals surface area contributed by atoms with Crippen LogP contribution in [0, 0.1) is 0 Å². The number of carbonyl (C=O) groups is 1. The van der Waals surface area contributed by atoms with Crippen LogP contribution in [0.15, 0.2) is 36.9 Å². The molecule has 86 valence electrons. The van der Waals surface area contributed by atoms with E-state index in [2.05, 4.69) is 6.58 Å². The predicted octanol–water partition coefficient (Wildman–Crippen LogP) is 2.52. The van der Waals surface area contributed by atoms with Gasteiger partial charge in [-0.2, -0.15) is 0 Å². The first kappa shape index (κ1) is 12.3. The first-order chi connectivity index (χ1) is 7.74. The van der Waals surface area contributed by atoms with Crippen molar-refractivity contribution in [2.24, 2.45) is 5.73 Å². The number of unbranched alkanes of at least 4 members (excludes halogenated alkanes) is 2. The minimum absolute atomic E-state index is 0.433. The van der Waals surface area contributed by atoms with Crippen molar-refractivity contribution >= 4 is 5.91 Å². The molecule has 0 spiro atoms. The van der Waals surface area contributed by atoms with Crippen LogP contribution in [0.2, 0.25) is 0 Å². The van der Waals surface area contributed by atoms with Crippen molar-refractivity contribution in [3.8, 4) is 5.75 Å². The third-order valence-corrected chi connectivity index (χ3v) is 2.19. The average molecular weight is 219 g/mol. The van der Waals surface area contributed by atoms with Crippen molar-refractivity contribution < 1.29 is 9.53 Å². The summed E-state index contributed by atoms with van der Waals surface area (Å²) in [5.41, 5.74) is 5.65. The van der Waals surface area contributed by atoms with Crippen molar-refractivity contribution in [2.45, 2.75) is 19.3 Å². The van der Waals surface area contributed by atoms with Crippen molar-refractivity contribution in [2.75, 3.05) is 6.61 Å². The minimum atomic E-state index is -0.433. The van der Waals surface area contributed by atoms with Gasteiger partial charge in [0.15, 0.2) is 0 Å². The summed E-state index contributed by atoms with van der Waals surface area (Å²) in [5, 5.41) is 0. The lowest BCUT2D eigenvalue weighted by Gasteiger charge is -2.06. The van der Waals surface area contributed by atoms with Crippen LogP contribution in [0.5, 0.6) is 5.75 Å². The Labute approximate surface area is 95.9 Å². The molecule has 0 radical (unpaired) electrons. The van der Waals surface area contributed by atoms with E-state index in [4.69, 9.17) is 10.5 Å². The molecule has 0 aliphatic rings. The second kappa shape index (κ2) is 6.67. The van der Waals surface area contributed by atoms with Crippen molar-refractivity contribution in [3.05, 3.63) is 42.5 Å². The Kier molecular flexibility index (Phi) is 5.12. The summed E-state index contributed by atoms with van der Waals surface area (Å²) < 4.78 is 5.50. The second-order valence-electron chi connectivity index (χ2n) is 3.53. The molecule has 3 heteroatoms. The van der Waals surface area contributed by atoms with Crippen LogP contribution < -0.4 is 10.5 Å². The van der Waals surface area contributed by atoms with Gasteiger partial charge in [-0.1, -0.05) is 12.1 Å². The molecule has 0 saturated heterocycles. The average Bonchev–Trinajstić information content (AvgIpc) is 2.29. The number of carbonyl (C=O) groups excluding carboxylic acids is 1. The zero-order chi connectivity index (χ0) is 11.8. The number of rotatable bonds is 7. The van der Waals surface area contributed by atoms with E-state index in [1.165, 1.54) is 0 Å². The topological polar surface area (TPSA) is 52.3 Å². The summed E-state index contributed by atoms with van der Waals surface area (Å²) in [4.78, 5) is 10.9. The van der Waals surface area contributed by atoms with Gasteiger partial charge in [-0.3, -0.25) is 4.79 Å². The van der Waals surface area contributed by atoms with Crippen molar-refractivity contribution in [3.63, 3.8) is 0 Å². The molecule has 0 aliphatic carbocycles. The molecule has 1 rings (SSSR count). The summed E-state index contributed by atoms with van der Waals surface area (Å²) in [6, 6.07) is 6.92. The van der Waals surface area contributed by atoms with Crippen LogP contribution in [0.3, 0.4) is 0 Å². The quantitative estimate of drug-likeness (QED) is 0.566. The molecule has 1 amide bonds. The monoisotopic (exact) mass is 219 g/mol.